The van der Waals surface area contributed by atoms with E-state index >= 15 is 8.78 Å². The van der Waals surface area contributed by atoms with Crippen molar-refractivity contribution in [1.29, 1.82) is 0 Å². The normalized spacial score (nSPS) is 24.7. The number of ketones is 1. The first-order valence-corrected chi connectivity index (χ1v) is 16.9. The first-order chi connectivity index (χ1) is 18.9. The summed E-state index contributed by atoms with van der Waals surface area (Å²) in [4.78, 5) is 22.4. The molecule has 2 saturated heterocycles. The fraction of sp³-hybridized carbons (Fsp3) is 0.536. The number of aromatic nitrogens is 3. The molecule has 2 aliphatic rings. The molecule has 2 aliphatic heterocycles. The Morgan fingerprint density at radius 1 is 1.12 bits per heavy atom. The van der Waals surface area contributed by atoms with E-state index in [2.05, 4.69) is 9.97 Å². The van der Waals surface area contributed by atoms with Crippen molar-refractivity contribution in [1.82, 2.24) is 14.5 Å². The van der Waals surface area contributed by atoms with Crippen LogP contribution in [0.25, 0.3) is 11.0 Å². The van der Waals surface area contributed by atoms with Gasteiger partial charge in [0.05, 0.1) is 5.39 Å². The third-order valence-corrected chi connectivity index (χ3v) is 13.1. The number of alkyl halides is 2. The Hall–Kier alpha value is -1.99. The van der Waals surface area contributed by atoms with Crippen LogP contribution in [0.15, 0.2) is 36.8 Å². The van der Waals surface area contributed by atoms with Crippen LogP contribution in [0.5, 0.6) is 0 Å². The van der Waals surface area contributed by atoms with Crippen molar-refractivity contribution in [2.75, 3.05) is 6.61 Å². The van der Waals surface area contributed by atoms with Crippen molar-refractivity contribution in [2.45, 2.75) is 89.0 Å². The van der Waals surface area contributed by atoms with Crippen LogP contribution >= 0.6 is 23.2 Å². The lowest BCUT2D eigenvalue weighted by Gasteiger charge is -2.37. The number of benzene rings is 1. The lowest BCUT2D eigenvalue weighted by molar-refractivity contribution is -0.190. The molecule has 0 unspecified atom stereocenters. The molecule has 222 valence electrons. The van der Waals surface area contributed by atoms with Gasteiger partial charge in [0.25, 0.3) is 5.92 Å². The fourth-order valence-corrected chi connectivity index (χ4v) is 6.25. The van der Waals surface area contributed by atoms with E-state index in [1.807, 2.05) is 33.9 Å². The monoisotopic (exact) mass is 627 g/mol. The van der Waals surface area contributed by atoms with Crippen molar-refractivity contribution in [3.05, 3.63) is 58.1 Å². The van der Waals surface area contributed by atoms with Gasteiger partial charge in [-0.25, -0.2) is 9.97 Å². The van der Waals surface area contributed by atoms with Crippen LogP contribution in [0.3, 0.4) is 0 Å². The predicted octanol–water partition coefficient (Wildman–Crippen LogP) is 7.15. The minimum absolute atomic E-state index is 0.0728. The van der Waals surface area contributed by atoms with E-state index in [1.54, 1.807) is 30.7 Å². The highest BCUT2D eigenvalue weighted by Gasteiger charge is 2.58. The number of halogens is 4. The van der Waals surface area contributed by atoms with E-state index in [-0.39, 0.29) is 20.8 Å². The summed E-state index contributed by atoms with van der Waals surface area (Å²) in [5, 5.41) is 0.641. The lowest BCUT2D eigenvalue weighted by atomic mass is 9.94. The van der Waals surface area contributed by atoms with Crippen molar-refractivity contribution in [2.24, 2.45) is 0 Å². The van der Waals surface area contributed by atoms with Gasteiger partial charge in [-0.05, 0) is 56.2 Å². The molecule has 5 rings (SSSR count). The zero-order chi connectivity index (χ0) is 30.1. The second-order valence-electron chi connectivity index (χ2n) is 12.4. The Morgan fingerprint density at radius 2 is 1.80 bits per heavy atom. The predicted molar refractivity (Wildman–Crippen MR) is 153 cm³/mol. The number of carbonyl (C=O) groups excluding carboxylic acids is 1. The molecule has 4 atom stereocenters. The Balaban J connectivity index is 1.50. The minimum atomic E-state index is -3.50. The van der Waals surface area contributed by atoms with E-state index in [4.69, 9.17) is 41.8 Å². The minimum Gasteiger partial charge on any atom is -0.410 e. The van der Waals surface area contributed by atoms with Gasteiger partial charge in [-0.2, -0.15) is 8.78 Å². The summed E-state index contributed by atoms with van der Waals surface area (Å²) in [7, 11) is -2.51. The van der Waals surface area contributed by atoms with Crippen LogP contribution in [-0.4, -0.2) is 59.3 Å². The second-order valence-corrected chi connectivity index (χ2v) is 18.0. The molecule has 8 nitrogen and oxygen atoms in total. The quantitative estimate of drug-likeness (QED) is 0.156. The summed E-state index contributed by atoms with van der Waals surface area (Å²) in [6.07, 6.45) is -0.690. The zero-order valence-corrected chi connectivity index (χ0v) is 26.4. The summed E-state index contributed by atoms with van der Waals surface area (Å²) in [5.74, 6) is -5.22. The van der Waals surface area contributed by atoms with Crippen LogP contribution < -0.4 is 0 Å². The average Bonchev–Trinajstić information content (AvgIpc) is 3.53. The molecular weight excluding hydrogens is 595 g/mol. The van der Waals surface area contributed by atoms with Crippen LogP contribution in [0.2, 0.25) is 28.3 Å². The van der Waals surface area contributed by atoms with E-state index in [0.29, 0.717) is 11.0 Å². The van der Waals surface area contributed by atoms with E-state index < -0.39 is 62.5 Å². The molecule has 4 heterocycles. The zero-order valence-electron chi connectivity index (χ0n) is 23.9. The number of nitrogens with zero attached hydrogens (tertiary/aromatic N) is 3. The van der Waals surface area contributed by atoms with Gasteiger partial charge in [-0.3, -0.25) is 4.79 Å². The van der Waals surface area contributed by atoms with Crippen LogP contribution in [0.1, 0.15) is 56.8 Å². The number of ether oxygens (including phenoxy) is 3. The summed E-state index contributed by atoms with van der Waals surface area (Å²) in [6.45, 7) is 12.2. The highest BCUT2D eigenvalue weighted by Crippen LogP contribution is 2.46. The van der Waals surface area contributed by atoms with E-state index in [9.17, 15) is 4.79 Å². The molecule has 3 aromatic rings. The van der Waals surface area contributed by atoms with Crippen molar-refractivity contribution < 1.29 is 32.2 Å². The number of rotatable bonds is 7. The lowest BCUT2D eigenvalue weighted by Crippen LogP contribution is -2.43. The molecule has 0 spiro atoms. The molecule has 41 heavy (non-hydrogen) atoms. The molecule has 13 heteroatoms. The first-order valence-electron chi connectivity index (χ1n) is 13.3. The van der Waals surface area contributed by atoms with Gasteiger partial charge in [0.15, 0.2) is 32.2 Å². The highest BCUT2D eigenvalue weighted by molar-refractivity contribution is 6.74. The van der Waals surface area contributed by atoms with Crippen molar-refractivity contribution >= 4 is 48.3 Å². The molecule has 1 aromatic carbocycles. The van der Waals surface area contributed by atoms with Crippen molar-refractivity contribution in [3.63, 3.8) is 0 Å². The van der Waals surface area contributed by atoms with Gasteiger partial charge in [-0.1, -0.05) is 44.0 Å². The Labute approximate surface area is 248 Å². The molecule has 0 N–H and O–H groups in total. The van der Waals surface area contributed by atoms with Crippen LogP contribution in [0.4, 0.5) is 8.78 Å². The summed E-state index contributed by atoms with van der Waals surface area (Å²) in [6, 6.07) is 5.54. The molecule has 0 amide bonds. The van der Waals surface area contributed by atoms with Gasteiger partial charge < -0.3 is 23.2 Å². The van der Waals surface area contributed by atoms with Crippen LogP contribution in [0, 0.1) is 0 Å². The Kier molecular flexibility index (Phi) is 7.67. The number of hydrogen-bond donors (Lipinski definition) is 0. The number of carbonyl (C=O) groups is 1. The molecular formula is C28H33Cl2F2N3O5Si. The van der Waals surface area contributed by atoms with Crippen molar-refractivity contribution in [3.8, 4) is 0 Å². The second kappa shape index (κ2) is 10.3. The van der Waals surface area contributed by atoms with Gasteiger partial charge in [-0.15, -0.1) is 0 Å². The molecule has 2 fully saturated rings. The Morgan fingerprint density at radius 3 is 2.49 bits per heavy atom. The average molecular weight is 629 g/mol. The summed E-state index contributed by atoms with van der Waals surface area (Å²) in [5.41, 5.74) is -0.281. The van der Waals surface area contributed by atoms with Gasteiger partial charge in [0, 0.05) is 22.3 Å². The highest BCUT2D eigenvalue weighted by atomic mass is 35.5. The molecule has 0 radical (unpaired) electrons. The largest absolute Gasteiger partial charge is 0.410 e. The molecule has 0 saturated carbocycles. The van der Waals surface area contributed by atoms with Gasteiger partial charge >= 0.3 is 0 Å². The first kappa shape index (κ1) is 30.5. The summed E-state index contributed by atoms with van der Waals surface area (Å²) < 4.78 is 57.7. The number of Topliss-reactive ketones (excluding diaryl/α,β-unsaturated/α-hetero) is 1. The van der Waals surface area contributed by atoms with Gasteiger partial charge in [0.2, 0.25) is 0 Å². The van der Waals surface area contributed by atoms with Crippen LogP contribution in [-0.2, 0) is 24.6 Å². The summed E-state index contributed by atoms with van der Waals surface area (Å²) >= 11 is 12.4. The molecule has 2 aromatic heterocycles. The SMILES string of the molecule is CC1(C)O[C@@H]2[C@H](O1)[C@@H](C(=O)c1ccc(Cl)cc1C(F)(F)CO[Si](C)(C)C(C)(C)C)O[C@H]2n1ccc2c(Cl)ncnc21. The fourth-order valence-electron chi connectivity index (χ4n) is 4.91. The molecule has 0 bridgehead atoms. The third-order valence-electron chi connectivity index (χ3n) is 8.08. The van der Waals surface area contributed by atoms with Gasteiger partial charge in [0.1, 0.15) is 35.9 Å². The number of hydrogen-bond acceptors (Lipinski definition) is 7. The third kappa shape index (κ3) is 5.58. The smallest absolute Gasteiger partial charge is 0.295 e. The Bertz CT molecular complexity index is 1490. The number of fused-ring (bicyclic) bond motifs is 2. The maximum atomic E-state index is 15.8. The maximum absolute atomic E-state index is 15.8. The van der Waals surface area contributed by atoms with E-state index in [0.717, 1.165) is 6.07 Å². The van der Waals surface area contributed by atoms with E-state index in [1.165, 1.54) is 18.5 Å². The standard InChI is InChI=1S/C28H33Cl2F2N3O5Si/c1-26(2,3)41(6,7)37-13-28(31,32)18-12-15(29)8-9-16(18)19(36)20-21-22(40-27(4,5)39-21)25(38-20)35-11-10-17-23(30)33-14-34-24(17)35/h8-12,14,20-22,25H,13H2,1-7H3/t20-,21-,22-,25-/m1/s1. The maximum Gasteiger partial charge on any atom is 0.295 e. The topological polar surface area (TPSA) is 84.7 Å². The molecule has 0 aliphatic carbocycles.